The molecule has 1 aliphatic rings. The number of benzene rings is 1. The lowest BCUT2D eigenvalue weighted by atomic mass is 10.2. The maximum Gasteiger partial charge on any atom is 0.191 e. The van der Waals surface area contributed by atoms with Crippen LogP contribution in [0.3, 0.4) is 0 Å². The molecule has 0 N–H and O–H groups in total. The van der Waals surface area contributed by atoms with Crippen LogP contribution in [-0.4, -0.2) is 14.8 Å². The third-order valence-corrected chi connectivity index (χ3v) is 4.05. The molecule has 1 aromatic heterocycles. The minimum absolute atomic E-state index is 0.154. The van der Waals surface area contributed by atoms with Gasteiger partial charge in [0.05, 0.1) is 0 Å². The molecule has 3 rings (SSSR count). The normalized spacial score (nSPS) is 15.0. The molecule has 0 aliphatic heterocycles. The monoisotopic (exact) mass is 263 g/mol. The molecule has 1 saturated carbocycles. The smallest absolute Gasteiger partial charge is 0.191 e. The molecular formula is C13H14FN3S. The first-order chi connectivity index (χ1) is 8.75. The standard InChI is InChI=1S/C13H14FN3S/c1-9-15-16-13(17(9)11-6-7-11)18-8-10-4-2-3-5-12(10)14/h2-5,11H,6-8H2,1H3. The van der Waals surface area contributed by atoms with E-state index in [1.54, 1.807) is 17.8 Å². The first-order valence-corrected chi connectivity index (χ1v) is 7.02. The molecule has 0 saturated heterocycles. The quantitative estimate of drug-likeness (QED) is 0.792. The van der Waals surface area contributed by atoms with Crippen molar-refractivity contribution in [2.75, 3.05) is 0 Å². The van der Waals surface area contributed by atoms with Gasteiger partial charge in [-0.2, -0.15) is 0 Å². The predicted molar refractivity (Wildman–Crippen MR) is 69.0 cm³/mol. The third kappa shape index (κ3) is 2.27. The number of thioether (sulfide) groups is 1. The van der Waals surface area contributed by atoms with Crippen LogP contribution in [0.25, 0.3) is 0 Å². The van der Waals surface area contributed by atoms with Crippen LogP contribution in [-0.2, 0) is 5.75 Å². The fourth-order valence-corrected chi connectivity index (χ4v) is 3.00. The average Bonchev–Trinajstić information content (AvgIpc) is 3.13. The van der Waals surface area contributed by atoms with Gasteiger partial charge in [-0.15, -0.1) is 10.2 Å². The second kappa shape index (κ2) is 4.72. The molecule has 0 atom stereocenters. The molecule has 0 spiro atoms. The van der Waals surface area contributed by atoms with E-state index in [1.165, 1.54) is 18.9 Å². The molecule has 2 aromatic rings. The van der Waals surface area contributed by atoms with E-state index in [4.69, 9.17) is 0 Å². The van der Waals surface area contributed by atoms with Crippen LogP contribution in [0.2, 0.25) is 0 Å². The number of aryl methyl sites for hydroxylation is 1. The van der Waals surface area contributed by atoms with Crippen molar-refractivity contribution in [3.8, 4) is 0 Å². The fraction of sp³-hybridized carbons (Fsp3) is 0.385. The molecule has 94 valence electrons. The molecule has 0 unspecified atom stereocenters. The van der Waals surface area contributed by atoms with Crippen molar-refractivity contribution in [1.29, 1.82) is 0 Å². The fourth-order valence-electron chi connectivity index (χ4n) is 1.96. The summed E-state index contributed by atoms with van der Waals surface area (Å²) in [6.07, 6.45) is 2.40. The number of halogens is 1. The highest BCUT2D eigenvalue weighted by Crippen LogP contribution is 2.39. The van der Waals surface area contributed by atoms with Gasteiger partial charge in [0.1, 0.15) is 11.6 Å². The van der Waals surface area contributed by atoms with Crippen LogP contribution < -0.4 is 0 Å². The highest BCUT2D eigenvalue weighted by atomic mass is 32.2. The van der Waals surface area contributed by atoms with Gasteiger partial charge < -0.3 is 4.57 Å². The summed E-state index contributed by atoms with van der Waals surface area (Å²) in [4.78, 5) is 0. The molecule has 1 aliphatic carbocycles. The maximum absolute atomic E-state index is 13.5. The van der Waals surface area contributed by atoms with Gasteiger partial charge in [-0.05, 0) is 31.4 Å². The van der Waals surface area contributed by atoms with Crippen LogP contribution >= 0.6 is 11.8 Å². The minimum atomic E-state index is -0.154. The Balaban J connectivity index is 1.76. The molecule has 0 bridgehead atoms. The van der Waals surface area contributed by atoms with Gasteiger partial charge in [-0.1, -0.05) is 30.0 Å². The Hall–Kier alpha value is -1.36. The number of hydrogen-bond acceptors (Lipinski definition) is 3. The summed E-state index contributed by atoms with van der Waals surface area (Å²) in [5, 5.41) is 9.19. The Kier molecular flexibility index (Phi) is 3.07. The minimum Gasteiger partial charge on any atom is -0.303 e. The van der Waals surface area contributed by atoms with E-state index in [2.05, 4.69) is 14.8 Å². The zero-order chi connectivity index (χ0) is 12.5. The second-order valence-corrected chi connectivity index (χ2v) is 5.45. The maximum atomic E-state index is 13.5. The summed E-state index contributed by atoms with van der Waals surface area (Å²) in [7, 11) is 0. The Bertz CT molecular complexity index is 563. The number of aromatic nitrogens is 3. The summed E-state index contributed by atoms with van der Waals surface area (Å²) in [6, 6.07) is 7.43. The van der Waals surface area contributed by atoms with Crippen LogP contribution in [0.1, 0.15) is 30.3 Å². The lowest BCUT2D eigenvalue weighted by Gasteiger charge is -2.06. The van der Waals surface area contributed by atoms with Crippen molar-refractivity contribution in [2.45, 2.75) is 36.7 Å². The Morgan fingerprint density at radius 3 is 2.83 bits per heavy atom. The van der Waals surface area contributed by atoms with Gasteiger partial charge in [-0.25, -0.2) is 4.39 Å². The van der Waals surface area contributed by atoms with E-state index >= 15 is 0 Å². The van der Waals surface area contributed by atoms with Gasteiger partial charge in [-0.3, -0.25) is 0 Å². The van der Waals surface area contributed by atoms with E-state index in [0.717, 1.165) is 11.0 Å². The molecule has 0 amide bonds. The molecule has 1 aromatic carbocycles. The van der Waals surface area contributed by atoms with E-state index in [9.17, 15) is 4.39 Å². The Labute approximate surface area is 109 Å². The molecule has 18 heavy (non-hydrogen) atoms. The van der Waals surface area contributed by atoms with E-state index in [0.29, 0.717) is 17.4 Å². The number of hydrogen-bond donors (Lipinski definition) is 0. The van der Waals surface area contributed by atoms with Gasteiger partial charge in [0.15, 0.2) is 5.16 Å². The van der Waals surface area contributed by atoms with Crippen LogP contribution in [0.4, 0.5) is 4.39 Å². The summed E-state index contributed by atoms with van der Waals surface area (Å²) in [5.74, 6) is 1.39. The van der Waals surface area contributed by atoms with Crippen molar-refractivity contribution >= 4 is 11.8 Å². The first-order valence-electron chi connectivity index (χ1n) is 6.03. The zero-order valence-corrected chi connectivity index (χ0v) is 11.0. The van der Waals surface area contributed by atoms with E-state index in [-0.39, 0.29) is 5.82 Å². The van der Waals surface area contributed by atoms with Crippen molar-refractivity contribution in [2.24, 2.45) is 0 Å². The van der Waals surface area contributed by atoms with Crippen molar-refractivity contribution < 1.29 is 4.39 Å². The van der Waals surface area contributed by atoms with E-state index in [1.807, 2.05) is 19.1 Å². The molecular weight excluding hydrogens is 249 g/mol. The van der Waals surface area contributed by atoms with Crippen molar-refractivity contribution in [3.63, 3.8) is 0 Å². The lowest BCUT2D eigenvalue weighted by molar-refractivity contribution is 0.616. The molecule has 0 radical (unpaired) electrons. The van der Waals surface area contributed by atoms with Crippen LogP contribution in [0.5, 0.6) is 0 Å². The third-order valence-electron chi connectivity index (χ3n) is 3.06. The Morgan fingerprint density at radius 1 is 1.33 bits per heavy atom. The zero-order valence-electron chi connectivity index (χ0n) is 10.1. The molecule has 5 heteroatoms. The highest BCUT2D eigenvalue weighted by Gasteiger charge is 2.28. The average molecular weight is 263 g/mol. The topological polar surface area (TPSA) is 30.7 Å². The van der Waals surface area contributed by atoms with Crippen molar-refractivity contribution in [1.82, 2.24) is 14.8 Å². The summed E-state index contributed by atoms with van der Waals surface area (Å²) in [5.41, 5.74) is 0.713. The van der Waals surface area contributed by atoms with Gasteiger partial charge >= 0.3 is 0 Å². The molecule has 3 nitrogen and oxygen atoms in total. The van der Waals surface area contributed by atoms with Gasteiger partial charge in [0.25, 0.3) is 0 Å². The summed E-state index contributed by atoms with van der Waals surface area (Å²) < 4.78 is 15.7. The molecule has 1 fully saturated rings. The van der Waals surface area contributed by atoms with Crippen molar-refractivity contribution in [3.05, 3.63) is 41.5 Å². The number of rotatable bonds is 4. The largest absolute Gasteiger partial charge is 0.303 e. The lowest BCUT2D eigenvalue weighted by Crippen LogP contribution is -1.99. The van der Waals surface area contributed by atoms with E-state index < -0.39 is 0 Å². The second-order valence-electron chi connectivity index (χ2n) is 4.51. The number of nitrogens with zero attached hydrogens (tertiary/aromatic N) is 3. The summed E-state index contributed by atoms with van der Waals surface area (Å²) >= 11 is 1.55. The summed E-state index contributed by atoms with van der Waals surface area (Å²) in [6.45, 7) is 1.97. The molecule has 1 heterocycles. The first kappa shape index (κ1) is 11.7. The SMILES string of the molecule is Cc1nnc(SCc2ccccc2F)n1C1CC1. The van der Waals surface area contributed by atoms with Gasteiger partial charge in [0.2, 0.25) is 0 Å². The predicted octanol–water partition coefficient (Wildman–Crippen LogP) is 3.35. The Morgan fingerprint density at radius 2 is 2.11 bits per heavy atom. The van der Waals surface area contributed by atoms with Gasteiger partial charge in [0, 0.05) is 11.8 Å². The van der Waals surface area contributed by atoms with Crippen LogP contribution in [0, 0.1) is 12.7 Å². The van der Waals surface area contributed by atoms with Crippen LogP contribution in [0.15, 0.2) is 29.4 Å². The highest BCUT2D eigenvalue weighted by molar-refractivity contribution is 7.98.